The monoisotopic (exact) mass is 194 g/mol. The van der Waals surface area contributed by atoms with Gasteiger partial charge in [-0.3, -0.25) is 10.1 Å². The number of hydrogen-bond acceptors (Lipinski definition) is 4. The third kappa shape index (κ3) is 1.47. The maximum absolute atomic E-state index is 13.1. The van der Waals surface area contributed by atoms with Crippen LogP contribution in [-0.4, -0.2) is 25.3 Å². The molecular weight excluding hydrogens is 187 g/mol. The minimum absolute atomic E-state index is 0.122. The van der Waals surface area contributed by atoms with E-state index in [0.717, 1.165) is 6.20 Å². The zero-order valence-corrected chi connectivity index (χ0v) is 7.05. The van der Waals surface area contributed by atoms with Crippen LogP contribution < -0.4 is 0 Å². The molecule has 0 saturated heterocycles. The second-order valence-electron chi connectivity index (χ2n) is 2.67. The molecule has 72 valence electrons. The lowest BCUT2D eigenvalue weighted by Crippen LogP contribution is -2.04. The predicted octanol–water partition coefficient (Wildman–Crippen LogP) is 0.420. The van der Waals surface area contributed by atoms with E-state index in [9.17, 15) is 9.50 Å². The van der Waals surface area contributed by atoms with Crippen molar-refractivity contribution in [2.75, 3.05) is 0 Å². The Labute approximate surface area is 78.6 Å². The molecule has 2 N–H and O–H groups in total. The van der Waals surface area contributed by atoms with Crippen LogP contribution in [0.5, 0.6) is 0 Å². The molecule has 2 aromatic rings. The summed E-state index contributed by atoms with van der Waals surface area (Å²) in [6.07, 6.45) is 2.55. The molecule has 2 rings (SSSR count). The van der Waals surface area contributed by atoms with Crippen LogP contribution in [-0.2, 0) is 0 Å². The molecule has 1 atom stereocenters. The molecule has 14 heavy (non-hydrogen) atoms. The molecule has 0 saturated carbocycles. The number of aromatic nitrogens is 4. The van der Waals surface area contributed by atoms with E-state index in [1.165, 1.54) is 18.6 Å². The fraction of sp³-hybridized carbons (Fsp3) is 0.125. The Morgan fingerprint density at radius 1 is 1.50 bits per heavy atom. The highest BCUT2D eigenvalue weighted by molar-refractivity contribution is 5.20. The number of aliphatic hydroxyl groups excluding tert-OH is 1. The van der Waals surface area contributed by atoms with Crippen molar-refractivity contribution in [2.45, 2.75) is 6.10 Å². The number of pyridine rings is 1. The quantitative estimate of drug-likeness (QED) is 0.726. The summed E-state index contributed by atoms with van der Waals surface area (Å²) in [6, 6.07) is 1.39. The number of rotatable bonds is 2. The lowest BCUT2D eigenvalue weighted by atomic mass is 10.1. The highest BCUT2D eigenvalue weighted by Crippen LogP contribution is 2.19. The van der Waals surface area contributed by atoms with Gasteiger partial charge in [-0.25, -0.2) is 9.37 Å². The average Bonchev–Trinajstić information content (AvgIpc) is 2.70. The van der Waals surface area contributed by atoms with Gasteiger partial charge in [0.2, 0.25) is 0 Å². The van der Waals surface area contributed by atoms with Crippen LogP contribution in [0.2, 0.25) is 0 Å². The Hall–Kier alpha value is -1.82. The van der Waals surface area contributed by atoms with Gasteiger partial charge in [0.05, 0.1) is 6.20 Å². The van der Waals surface area contributed by atoms with Crippen molar-refractivity contribution in [3.8, 4) is 0 Å². The van der Waals surface area contributed by atoms with Gasteiger partial charge in [-0.1, -0.05) is 0 Å². The number of halogens is 1. The number of nitrogens with zero attached hydrogens (tertiary/aromatic N) is 3. The second kappa shape index (κ2) is 3.51. The van der Waals surface area contributed by atoms with E-state index in [4.69, 9.17) is 0 Å². The Morgan fingerprint density at radius 2 is 2.36 bits per heavy atom. The highest BCUT2D eigenvalue weighted by Gasteiger charge is 2.16. The summed E-state index contributed by atoms with van der Waals surface area (Å²) < 4.78 is 13.1. The van der Waals surface area contributed by atoms with Crippen molar-refractivity contribution in [3.05, 3.63) is 42.0 Å². The molecule has 0 aliphatic heterocycles. The third-order valence-electron chi connectivity index (χ3n) is 1.79. The van der Waals surface area contributed by atoms with E-state index in [-0.39, 0.29) is 11.4 Å². The lowest BCUT2D eigenvalue weighted by molar-refractivity contribution is 0.205. The molecule has 0 aliphatic rings. The summed E-state index contributed by atoms with van der Waals surface area (Å²) in [4.78, 5) is 7.31. The maximum atomic E-state index is 13.1. The van der Waals surface area contributed by atoms with E-state index in [0.29, 0.717) is 0 Å². The summed E-state index contributed by atoms with van der Waals surface area (Å²) >= 11 is 0. The molecule has 0 aromatic carbocycles. The molecule has 0 spiro atoms. The normalized spacial score (nSPS) is 12.7. The summed E-state index contributed by atoms with van der Waals surface area (Å²) in [5.74, 6) is -0.369. The summed E-state index contributed by atoms with van der Waals surface area (Å²) in [7, 11) is 0. The van der Waals surface area contributed by atoms with Crippen molar-refractivity contribution < 1.29 is 9.50 Å². The zero-order chi connectivity index (χ0) is 9.97. The molecule has 0 aliphatic carbocycles. The number of nitrogens with one attached hydrogen (secondary N) is 1. The van der Waals surface area contributed by atoms with Crippen LogP contribution in [0.3, 0.4) is 0 Å². The first-order valence-corrected chi connectivity index (χ1v) is 3.92. The van der Waals surface area contributed by atoms with Crippen LogP contribution in [0.15, 0.2) is 24.8 Å². The van der Waals surface area contributed by atoms with E-state index in [1.807, 2.05) is 0 Å². The SMILES string of the molecule is OC(c1ncn[nH]1)c1ccncc1F. The van der Waals surface area contributed by atoms with E-state index < -0.39 is 11.9 Å². The highest BCUT2D eigenvalue weighted by atomic mass is 19.1. The Balaban J connectivity index is 2.37. The van der Waals surface area contributed by atoms with Crippen molar-refractivity contribution in [1.82, 2.24) is 20.2 Å². The van der Waals surface area contributed by atoms with Crippen LogP contribution in [0, 0.1) is 5.82 Å². The zero-order valence-electron chi connectivity index (χ0n) is 7.05. The largest absolute Gasteiger partial charge is 0.380 e. The minimum atomic E-state index is -1.14. The minimum Gasteiger partial charge on any atom is -0.380 e. The van der Waals surface area contributed by atoms with E-state index in [2.05, 4.69) is 20.2 Å². The molecule has 0 fully saturated rings. The number of H-pyrrole nitrogens is 1. The third-order valence-corrected chi connectivity index (χ3v) is 1.79. The first-order chi connectivity index (χ1) is 6.79. The second-order valence-corrected chi connectivity index (χ2v) is 2.67. The van der Waals surface area contributed by atoms with Gasteiger partial charge in [-0.15, -0.1) is 0 Å². The maximum Gasteiger partial charge on any atom is 0.157 e. The number of aromatic amines is 1. The number of hydrogen-bond donors (Lipinski definition) is 2. The molecule has 5 nitrogen and oxygen atoms in total. The topological polar surface area (TPSA) is 74.7 Å². The Morgan fingerprint density at radius 3 is 3.00 bits per heavy atom. The molecule has 0 bridgehead atoms. The van der Waals surface area contributed by atoms with Crippen molar-refractivity contribution >= 4 is 0 Å². The van der Waals surface area contributed by atoms with Crippen molar-refractivity contribution in [2.24, 2.45) is 0 Å². The van der Waals surface area contributed by atoms with Gasteiger partial charge in [-0.05, 0) is 6.07 Å². The first kappa shape index (κ1) is 8.76. The molecular formula is C8H7FN4O. The Kier molecular flexibility index (Phi) is 2.19. The molecule has 1 unspecified atom stereocenters. The van der Waals surface area contributed by atoms with Gasteiger partial charge in [-0.2, -0.15) is 5.10 Å². The van der Waals surface area contributed by atoms with Gasteiger partial charge in [0.25, 0.3) is 0 Å². The summed E-state index contributed by atoms with van der Waals surface area (Å²) in [5.41, 5.74) is 0.122. The average molecular weight is 194 g/mol. The van der Waals surface area contributed by atoms with Gasteiger partial charge in [0, 0.05) is 11.8 Å². The van der Waals surface area contributed by atoms with Crippen LogP contribution in [0.25, 0.3) is 0 Å². The summed E-state index contributed by atoms with van der Waals surface area (Å²) in [5, 5.41) is 15.7. The predicted molar refractivity (Wildman–Crippen MR) is 44.6 cm³/mol. The van der Waals surface area contributed by atoms with Crippen molar-refractivity contribution in [3.63, 3.8) is 0 Å². The smallest absolute Gasteiger partial charge is 0.157 e. The standard InChI is InChI=1S/C8H7FN4O/c9-6-3-10-2-1-5(6)7(14)8-11-4-12-13-8/h1-4,7,14H,(H,11,12,13). The first-order valence-electron chi connectivity index (χ1n) is 3.92. The summed E-state index contributed by atoms with van der Waals surface area (Å²) in [6.45, 7) is 0. The van der Waals surface area contributed by atoms with Gasteiger partial charge in [0.15, 0.2) is 5.82 Å². The van der Waals surface area contributed by atoms with Crippen molar-refractivity contribution in [1.29, 1.82) is 0 Å². The molecule has 6 heteroatoms. The van der Waals surface area contributed by atoms with Crippen LogP contribution >= 0.6 is 0 Å². The molecule has 0 radical (unpaired) electrons. The molecule has 0 amide bonds. The number of aliphatic hydroxyl groups is 1. The van der Waals surface area contributed by atoms with Crippen LogP contribution in [0.1, 0.15) is 17.5 Å². The van der Waals surface area contributed by atoms with Gasteiger partial charge in [0.1, 0.15) is 18.2 Å². The fourth-order valence-electron chi connectivity index (χ4n) is 1.10. The van der Waals surface area contributed by atoms with E-state index in [1.54, 1.807) is 0 Å². The van der Waals surface area contributed by atoms with Crippen LogP contribution in [0.4, 0.5) is 4.39 Å². The van der Waals surface area contributed by atoms with E-state index >= 15 is 0 Å². The van der Waals surface area contributed by atoms with Gasteiger partial charge >= 0.3 is 0 Å². The Bertz CT molecular complexity index is 417. The van der Waals surface area contributed by atoms with Gasteiger partial charge < -0.3 is 5.11 Å². The lowest BCUT2D eigenvalue weighted by Gasteiger charge is -2.07. The molecule has 2 heterocycles. The fourth-order valence-corrected chi connectivity index (χ4v) is 1.10. The molecule has 2 aromatic heterocycles.